The molecule has 0 aromatic carbocycles. The van der Waals surface area contributed by atoms with Gasteiger partial charge in [0.15, 0.2) is 0 Å². The van der Waals surface area contributed by atoms with Gasteiger partial charge in [-0.3, -0.25) is 0 Å². The molecule has 0 aliphatic rings. The summed E-state index contributed by atoms with van der Waals surface area (Å²) in [5.41, 5.74) is 1.29. The normalized spacial score (nSPS) is 11.0. The van der Waals surface area contributed by atoms with Crippen LogP contribution >= 0.6 is 22.7 Å². The molecule has 2 rings (SSSR count). The van der Waals surface area contributed by atoms with E-state index >= 15 is 0 Å². The Morgan fingerprint density at radius 1 is 1.28 bits per heavy atom. The Morgan fingerprint density at radius 3 is 2.83 bits per heavy atom. The Kier molecular flexibility index (Phi) is 5.35. The minimum Gasteiger partial charge on any atom is -0.312 e. The highest BCUT2D eigenvalue weighted by molar-refractivity contribution is 7.21. The lowest BCUT2D eigenvalue weighted by Gasteiger charge is -2.02. The monoisotopic (exact) mass is 280 g/mol. The molecular formula is C14H20N2S2. The maximum atomic E-state index is 4.81. The van der Waals surface area contributed by atoms with Gasteiger partial charge in [-0.1, -0.05) is 26.3 Å². The largest absolute Gasteiger partial charge is 0.312 e. The fraction of sp³-hybridized carbons (Fsp3) is 0.500. The van der Waals surface area contributed by atoms with Gasteiger partial charge in [-0.05, 0) is 30.8 Å². The Bertz CT molecular complexity index is 460. The Hall–Kier alpha value is -0.710. The minimum atomic E-state index is 0.964. The highest BCUT2D eigenvalue weighted by Gasteiger charge is 2.12. The van der Waals surface area contributed by atoms with E-state index in [1.807, 2.05) is 11.3 Å². The molecule has 0 bridgehead atoms. The third-order valence-electron chi connectivity index (χ3n) is 2.71. The minimum absolute atomic E-state index is 0.964. The lowest BCUT2D eigenvalue weighted by Crippen LogP contribution is -2.13. The lowest BCUT2D eigenvalue weighted by molar-refractivity contribution is 0.674. The van der Waals surface area contributed by atoms with E-state index in [9.17, 15) is 0 Å². The van der Waals surface area contributed by atoms with Gasteiger partial charge in [-0.25, -0.2) is 4.98 Å². The van der Waals surface area contributed by atoms with Gasteiger partial charge in [-0.15, -0.1) is 22.7 Å². The number of rotatable bonds is 7. The van der Waals surface area contributed by atoms with Gasteiger partial charge in [0, 0.05) is 11.4 Å². The number of hydrogen-bond donors (Lipinski definition) is 1. The molecule has 0 unspecified atom stereocenters. The van der Waals surface area contributed by atoms with E-state index < -0.39 is 0 Å². The fourth-order valence-corrected chi connectivity index (χ4v) is 3.71. The summed E-state index contributed by atoms with van der Waals surface area (Å²) >= 11 is 3.62. The maximum absolute atomic E-state index is 4.81. The number of nitrogens with zero attached hydrogens (tertiary/aromatic N) is 1. The molecule has 2 nitrogen and oxygen atoms in total. The Balaban J connectivity index is 2.15. The maximum Gasteiger partial charge on any atom is 0.133 e. The second-order valence-electron chi connectivity index (χ2n) is 4.29. The van der Waals surface area contributed by atoms with Crippen LogP contribution in [-0.4, -0.2) is 11.5 Å². The zero-order valence-electron chi connectivity index (χ0n) is 11.0. The number of thiazole rings is 1. The van der Waals surface area contributed by atoms with E-state index in [2.05, 4.69) is 36.7 Å². The van der Waals surface area contributed by atoms with Crippen LogP contribution in [0.25, 0.3) is 9.88 Å². The molecule has 0 aliphatic heterocycles. The quantitative estimate of drug-likeness (QED) is 0.764. The van der Waals surface area contributed by atoms with E-state index in [0.717, 1.165) is 25.9 Å². The molecule has 0 saturated heterocycles. The zero-order valence-corrected chi connectivity index (χ0v) is 12.7. The molecule has 98 valence electrons. The smallest absolute Gasteiger partial charge is 0.133 e. The van der Waals surface area contributed by atoms with E-state index in [-0.39, 0.29) is 0 Å². The molecule has 0 atom stereocenters. The number of aromatic nitrogens is 1. The first-order valence-corrected chi connectivity index (χ1v) is 8.28. The summed E-state index contributed by atoms with van der Waals surface area (Å²) < 4.78 is 0. The predicted molar refractivity (Wildman–Crippen MR) is 81.4 cm³/mol. The number of nitrogens with one attached hydrogen (secondary N) is 1. The summed E-state index contributed by atoms with van der Waals surface area (Å²) in [4.78, 5) is 7.51. The number of aryl methyl sites for hydroxylation is 1. The van der Waals surface area contributed by atoms with Crippen molar-refractivity contribution in [1.29, 1.82) is 0 Å². The molecule has 0 aliphatic carbocycles. The van der Waals surface area contributed by atoms with Gasteiger partial charge >= 0.3 is 0 Å². The van der Waals surface area contributed by atoms with Crippen molar-refractivity contribution in [1.82, 2.24) is 10.3 Å². The third kappa shape index (κ3) is 3.40. The first-order valence-electron chi connectivity index (χ1n) is 6.58. The van der Waals surface area contributed by atoms with Crippen molar-refractivity contribution in [3.05, 3.63) is 28.1 Å². The van der Waals surface area contributed by atoms with Crippen LogP contribution in [-0.2, 0) is 13.0 Å². The van der Waals surface area contributed by atoms with Crippen LogP contribution in [0.15, 0.2) is 17.5 Å². The van der Waals surface area contributed by atoms with E-state index in [1.54, 1.807) is 11.3 Å². The van der Waals surface area contributed by atoms with Gasteiger partial charge in [0.1, 0.15) is 5.01 Å². The van der Waals surface area contributed by atoms with E-state index in [4.69, 9.17) is 4.98 Å². The van der Waals surface area contributed by atoms with Crippen molar-refractivity contribution in [2.24, 2.45) is 0 Å². The summed E-state index contributed by atoms with van der Waals surface area (Å²) in [7, 11) is 0. The standard InChI is InChI=1S/C14H20N2S2/c1-3-6-11-13(10-15-8-4-2)18-14(16-11)12-7-5-9-17-12/h5,7,9,15H,3-4,6,8,10H2,1-2H3. The molecule has 2 aromatic heterocycles. The fourth-order valence-electron chi connectivity index (χ4n) is 1.84. The molecule has 0 radical (unpaired) electrons. The molecule has 4 heteroatoms. The van der Waals surface area contributed by atoms with Gasteiger partial charge < -0.3 is 5.32 Å². The van der Waals surface area contributed by atoms with Gasteiger partial charge in [0.05, 0.1) is 10.6 Å². The summed E-state index contributed by atoms with van der Waals surface area (Å²) in [6, 6.07) is 4.25. The molecule has 2 heterocycles. The Labute approximate surface area is 117 Å². The van der Waals surface area contributed by atoms with Gasteiger partial charge in [0.2, 0.25) is 0 Å². The van der Waals surface area contributed by atoms with Crippen molar-refractivity contribution < 1.29 is 0 Å². The highest BCUT2D eigenvalue weighted by Crippen LogP contribution is 2.31. The summed E-state index contributed by atoms with van der Waals surface area (Å²) in [5.74, 6) is 0. The van der Waals surface area contributed by atoms with Crippen molar-refractivity contribution >= 4 is 22.7 Å². The second kappa shape index (κ2) is 7.02. The van der Waals surface area contributed by atoms with Crippen LogP contribution in [0.5, 0.6) is 0 Å². The van der Waals surface area contributed by atoms with Crippen LogP contribution in [0.3, 0.4) is 0 Å². The molecular weight excluding hydrogens is 260 g/mol. The number of hydrogen-bond acceptors (Lipinski definition) is 4. The van der Waals surface area contributed by atoms with Crippen molar-refractivity contribution in [3.8, 4) is 9.88 Å². The first kappa shape index (κ1) is 13.7. The molecule has 1 N–H and O–H groups in total. The van der Waals surface area contributed by atoms with Gasteiger partial charge in [-0.2, -0.15) is 0 Å². The third-order valence-corrected chi connectivity index (χ3v) is 4.85. The van der Waals surface area contributed by atoms with Crippen molar-refractivity contribution in [3.63, 3.8) is 0 Å². The summed E-state index contributed by atoms with van der Waals surface area (Å²) in [5, 5.41) is 6.78. The van der Waals surface area contributed by atoms with E-state index in [0.29, 0.717) is 0 Å². The van der Waals surface area contributed by atoms with Crippen LogP contribution in [0.4, 0.5) is 0 Å². The molecule has 0 amide bonds. The first-order chi connectivity index (χ1) is 8.85. The molecule has 18 heavy (non-hydrogen) atoms. The van der Waals surface area contributed by atoms with Crippen LogP contribution in [0.2, 0.25) is 0 Å². The SMILES string of the molecule is CCCNCc1sc(-c2cccs2)nc1CCC. The Morgan fingerprint density at radius 2 is 2.17 bits per heavy atom. The molecule has 2 aromatic rings. The van der Waals surface area contributed by atoms with Crippen molar-refractivity contribution in [2.45, 2.75) is 39.7 Å². The van der Waals surface area contributed by atoms with Gasteiger partial charge in [0.25, 0.3) is 0 Å². The zero-order chi connectivity index (χ0) is 12.8. The van der Waals surface area contributed by atoms with Crippen LogP contribution < -0.4 is 5.32 Å². The predicted octanol–water partition coefficient (Wildman–Crippen LogP) is 4.32. The average molecular weight is 280 g/mol. The van der Waals surface area contributed by atoms with E-state index in [1.165, 1.54) is 26.9 Å². The summed E-state index contributed by atoms with van der Waals surface area (Å²) in [6.45, 7) is 6.46. The van der Waals surface area contributed by atoms with Crippen LogP contribution in [0, 0.1) is 0 Å². The highest BCUT2D eigenvalue weighted by atomic mass is 32.1. The lowest BCUT2D eigenvalue weighted by atomic mass is 10.2. The van der Waals surface area contributed by atoms with Crippen molar-refractivity contribution in [2.75, 3.05) is 6.54 Å². The second-order valence-corrected chi connectivity index (χ2v) is 6.32. The molecule has 0 saturated carbocycles. The topological polar surface area (TPSA) is 24.9 Å². The molecule has 0 spiro atoms. The summed E-state index contributed by atoms with van der Waals surface area (Å²) in [6.07, 6.45) is 3.43. The average Bonchev–Trinajstić information content (AvgIpc) is 2.99. The molecule has 0 fully saturated rings. The number of thiophene rings is 1. The van der Waals surface area contributed by atoms with Crippen LogP contribution in [0.1, 0.15) is 37.3 Å².